The fourth-order valence-corrected chi connectivity index (χ4v) is 7.69. The van der Waals surface area contributed by atoms with Crippen molar-refractivity contribution >= 4 is 38.4 Å². The first-order valence-electron chi connectivity index (χ1n) is 9.43. The summed E-state index contributed by atoms with van der Waals surface area (Å²) in [5.74, 6) is -0.179. The Morgan fingerprint density at radius 3 is 2.77 bits per heavy atom. The van der Waals surface area contributed by atoms with Gasteiger partial charge in [0.1, 0.15) is 11.6 Å². The van der Waals surface area contributed by atoms with Gasteiger partial charge in [-0.3, -0.25) is 4.79 Å². The molecule has 2 atom stereocenters. The van der Waals surface area contributed by atoms with Gasteiger partial charge < -0.3 is 9.64 Å². The summed E-state index contributed by atoms with van der Waals surface area (Å²) in [5.41, 5.74) is 1.71. The molecule has 0 saturated carbocycles. The fraction of sp³-hybridized carbons (Fsp3) is 0.333. The monoisotopic (exact) mass is 448 g/mol. The summed E-state index contributed by atoms with van der Waals surface area (Å²) < 4.78 is 43.8. The van der Waals surface area contributed by atoms with Crippen LogP contribution in [0.2, 0.25) is 0 Å². The molecule has 0 aliphatic carbocycles. The molecule has 2 aliphatic rings. The first-order valence-corrected chi connectivity index (χ1v) is 12.1. The molecule has 1 amide bonds. The lowest BCUT2D eigenvalue weighted by Gasteiger charge is -2.24. The Morgan fingerprint density at radius 1 is 1.27 bits per heavy atom. The highest BCUT2D eigenvalue weighted by molar-refractivity contribution is 8.16. The Morgan fingerprint density at radius 2 is 2.03 bits per heavy atom. The maximum atomic E-state index is 14.2. The van der Waals surface area contributed by atoms with E-state index in [1.54, 1.807) is 36.1 Å². The van der Waals surface area contributed by atoms with Crippen molar-refractivity contribution in [3.8, 4) is 5.75 Å². The molecule has 0 bridgehead atoms. The molecule has 2 heterocycles. The Bertz CT molecular complexity index is 1130. The number of amidine groups is 1. The molecule has 30 heavy (non-hydrogen) atoms. The van der Waals surface area contributed by atoms with Crippen molar-refractivity contribution in [1.82, 2.24) is 0 Å². The summed E-state index contributed by atoms with van der Waals surface area (Å²) in [6.07, 6.45) is 0.0534. The highest BCUT2D eigenvalue weighted by atomic mass is 32.2. The first-order chi connectivity index (χ1) is 14.3. The second-order valence-corrected chi connectivity index (χ2v) is 10.7. The lowest BCUT2D eigenvalue weighted by molar-refractivity contribution is -0.117. The normalized spacial score (nSPS) is 23.6. The topological polar surface area (TPSA) is 76.0 Å². The van der Waals surface area contributed by atoms with E-state index in [2.05, 4.69) is 4.99 Å². The molecular formula is C21H21FN2O4S2. The highest BCUT2D eigenvalue weighted by Crippen LogP contribution is 2.41. The van der Waals surface area contributed by atoms with E-state index in [1.165, 1.54) is 24.9 Å². The molecule has 0 unspecified atom stereocenters. The number of methoxy groups -OCH3 is 1. The number of aryl methyl sites for hydroxylation is 1. The van der Waals surface area contributed by atoms with E-state index in [0.717, 1.165) is 0 Å². The molecule has 6 nitrogen and oxygen atoms in total. The van der Waals surface area contributed by atoms with Crippen LogP contribution in [-0.4, -0.2) is 49.4 Å². The number of thioether (sulfide) groups is 1. The molecular weight excluding hydrogens is 427 g/mol. The lowest BCUT2D eigenvalue weighted by Crippen LogP contribution is -2.37. The zero-order chi connectivity index (χ0) is 21.5. The molecule has 2 saturated heterocycles. The average molecular weight is 449 g/mol. The molecule has 2 aromatic carbocycles. The standard InChI is InChI=1S/C21H21FN2O4S2/c1-13-7-8-15(10-16(13)22)24-17-11-30(26,27)12-19(17)29-21(24)23-20(25)9-14-5-3-4-6-18(14)28-2/h3-8,10,17,19H,9,11-12H2,1-2H3/t17-,19-/m0/s1. The van der Waals surface area contributed by atoms with Crippen molar-refractivity contribution in [2.75, 3.05) is 23.5 Å². The van der Waals surface area contributed by atoms with Gasteiger partial charge in [0.2, 0.25) is 0 Å². The summed E-state index contributed by atoms with van der Waals surface area (Å²) >= 11 is 1.27. The number of rotatable bonds is 4. The van der Waals surface area contributed by atoms with Gasteiger partial charge in [-0.15, -0.1) is 0 Å². The minimum Gasteiger partial charge on any atom is -0.496 e. The Balaban J connectivity index is 1.66. The number of para-hydroxylation sites is 1. The van der Waals surface area contributed by atoms with E-state index in [4.69, 9.17) is 4.74 Å². The third-order valence-corrected chi connectivity index (χ3v) is 8.46. The van der Waals surface area contributed by atoms with Gasteiger partial charge in [0.05, 0.1) is 31.1 Å². The number of benzene rings is 2. The Kier molecular flexibility index (Phi) is 5.59. The Labute approximate surface area is 179 Å². The molecule has 0 aromatic heterocycles. The van der Waals surface area contributed by atoms with Crippen LogP contribution >= 0.6 is 11.8 Å². The third-order valence-electron chi connectivity index (χ3n) is 5.25. The van der Waals surface area contributed by atoms with Crippen LogP contribution in [0.4, 0.5) is 10.1 Å². The number of hydrogen-bond acceptors (Lipinski definition) is 5. The van der Waals surface area contributed by atoms with Crippen molar-refractivity contribution in [3.05, 3.63) is 59.4 Å². The number of carbonyl (C=O) groups is 1. The van der Waals surface area contributed by atoms with Crippen LogP contribution in [0.1, 0.15) is 11.1 Å². The van der Waals surface area contributed by atoms with Crippen LogP contribution < -0.4 is 9.64 Å². The number of carbonyl (C=O) groups excluding carboxylic acids is 1. The SMILES string of the molecule is COc1ccccc1CC(=O)N=C1S[C@H]2CS(=O)(=O)C[C@@H]2N1c1ccc(C)c(F)c1. The van der Waals surface area contributed by atoms with E-state index in [-0.39, 0.29) is 40.9 Å². The van der Waals surface area contributed by atoms with Crippen molar-refractivity contribution in [1.29, 1.82) is 0 Å². The minimum absolute atomic E-state index is 0.0207. The van der Waals surface area contributed by atoms with E-state index in [0.29, 0.717) is 27.7 Å². The summed E-state index contributed by atoms with van der Waals surface area (Å²) in [5, 5.41) is 0.167. The maximum absolute atomic E-state index is 14.2. The predicted octanol–water partition coefficient (Wildman–Crippen LogP) is 2.99. The number of aliphatic imine (C=N–C) groups is 1. The minimum atomic E-state index is -3.19. The Hall–Kier alpha value is -2.39. The molecule has 2 aromatic rings. The van der Waals surface area contributed by atoms with Crippen LogP contribution in [0, 0.1) is 12.7 Å². The van der Waals surface area contributed by atoms with Gasteiger partial charge in [0, 0.05) is 16.5 Å². The van der Waals surface area contributed by atoms with Crippen LogP contribution in [-0.2, 0) is 21.1 Å². The number of halogens is 1. The van der Waals surface area contributed by atoms with Crippen molar-refractivity contribution in [3.63, 3.8) is 0 Å². The van der Waals surface area contributed by atoms with Gasteiger partial charge >= 0.3 is 0 Å². The van der Waals surface area contributed by atoms with Crippen LogP contribution in [0.3, 0.4) is 0 Å². The van der Waals surface area contributed by atoms with Crippen LogP contribution in [0.15, 0.2) is 47.5 Å². The molecule has 4 rings (SSSR count). The van der Waals surface area contributed by atoms with Gasteiger partial charge in [0.25, 0.3) is 5.91 Å². The lowest BCUT2D eigenvalue weighted by atomic mass is 10.1. The molecule has 9 heteroatoms. The summed E-state index contributed by atoms with van der Waals surface area (Å²) in [6.45, 7) is 1.66. The van der Waals surface area contributed by atoms with E-state index in [9.17, 15) is 17.6 Å². The molecule has 0 radical (unpaired) electrons. The van der Waals surface area contributed by atoms with Crippen molar-refractivity contribution in [2.24, 2.45) is 4.99 Å². The number of ether oxygens (including phenoxy) is 1. The number of amides is 1. The second kappa shape index (κ2) is 8.03. The second-order valence-electron chi connectivity index (χ2n) is 7.38. The smallest absolute Gasteiger partial charge is 0.252 e. The molecule has 0 N–H and O–H groups in total. The van der Waals surface area contributed by atoms with Gasteiger partial charge in [-0.25, -0.2) is 12.8 Å². The fourth-order valence-electron chi connectivity index (χ4n) is 3.76. The van der Waals surface area contributed by atoms with Crippen molar-refractivity contribution < 1.29 is 22.3 Å². The summed E-state index contributed by atoms with van der Waals surface area (Å²) in [7, 11) is -1.65. The average Bonchev–Trinajstić information content (AvgIpc) is 3.15. The zero-order valence-corrected chi connectivity index (χ0v) is 18.2. The van der Waals surface area contributed by atoms with Crippen LogP contribution in [0.25, 0.3) is 0 Å². The van der Waals surface area contributed by atoms with Gasteiger partial charge in [0.15, 0.2) is 15.0 Å². The number of anilines is 1. The van der Waals surface area contributed by atoms with Crippen molar-refractivity contribution in [2.45, 2.75) is 24.6 Å². The van der Waals surface area contributed by atoms with E-state index < -0.39 is 9.84 Å². The van der Waals surface area contributed by atoms with Crippen LogP contribution in [0.5, 0.6) is 5.75 Å². The van der Waals surface area contributed by atoms with Gasteiger partial charge in [-0.1, -0.05) is 36.0 Å². The number of fused-ring (bicyclic) bond motifs is 1. The van der Waals surface area contributed by atoms with E-state index in [1.807, 2.05) is 12.1 Å². The summed E-state index contributed by atoms with van der Waals surface area (Å²) in [6, 6.07) is 11.6. The molecule has 2 aliphatic heterocycles. The van der Waals surface area contributed by atoms with E-state index >= 15 is 0 Å². The number of nitrogens with zero attached hydrogens (tertiary/aromatic N) is 2. The highest BCUT2D eigenvalue weighted by Gasteiger charge is 2.49. The third kappa shape index (κ3) is 4.09. The summed E-state index contributed by atoms with van der Waals surface area (Å²) in [4.78, 5) is 18.7. The molecule has 2 fully saturated rings. The maximum Gasteiger partial charge on any atom is 0.252 e. The number of hydrogen-bond donors (Lipinski definition) is 0. The largest absolute Gasteiger partial charge is 0.496 e. The zero-order valence-electron chi connectivity index (χ0n) is 16.5. The number of sulfone groups is 1. The van der Waals surface area contributed by atoms with Gasteiger partial charge in [-0.05, 0) is 30.7 Å². The molecule has 158 valence electrons. The molecule has 0 spiro atoms. The first kappa shape index (κ1) is 20.9. The predicted molar refractivity (Wildman–Crippen MR) is 117 cm³/mol. The van der Waals surface area contributed by atoms with Gasteiger partial charge in [-0.2, -0.15) is 4.99 Å². The quantitative estimate of drug-likeness (QED) is 0.716.